The van der Waals surface area contributed by atoms with Crippen molar-refractivity contribution in [3.63, 3.8) is 0 Å². The zero-order valence-electron chi connectivity index (χ0n) is 15.7. The van der Waals surface area contributed by atoms with E-state index in [1.807, 2.05) is 42.5 Å². The van der Waals surface area contributed by atoms with E-state index in [1.165, 1.54) is 11.3 Å². The van der Waals surface area contributed by atoms with E-state index in [9.17, 15) is 4.79 Å². The van der Waals surface area contributed by atoms with Crippen LogP contribution in [0.3, 0.4) is 0 Å². The molecule has 29 heavy (non-hydrogen) atoms. The number of amides is 1. The van der Waals surface area contributed by atoms with Crippen LogP contribution in [0.25, 0.3) is 10.4 Å². The Hall–Kier alpha value is -2.15. The fraction of sp³-hybridized carbons (Fsp3) is 0.261. The molecular formula is C23H20BrNO3S. The Morgan fingerprint density at radius 1 is 1.07 bits per heavy atom. The summed E-state index contributed by atoms with van der Waals surface area (Å²) in [6, 6.07) is 18.2. The fourth-order valence-corrected chi connectivity index (χ4v) is 5.57. The van der Waals surface area contributed by atoms with Crippen LogP contribution in [-0.2, 0) is 16.9 Å². The molecule has 0 unspecified atom stereocenters. The number of hydrogen-bond acceptors (Lipinski definition) is 4. The highest BCUT2D eigenvalue weighted by Crippen LogP contribution is 2.42. The summed E-state index contributed by atoms with van der Waals surface area (Å²) in [7, 11) is 0. The zero-order valence-corrected chi connectivity index (χ0v) is 18.1. The Bertz CT molecular complexity index is 1070. The van der Waals surface area contributed by atoms with E-state index < -0.39 is 5.54 Å². The van der Waals surface area contributed by atoms with Gasteiger partial charge in [0.05, 0.1) is 10.4 Å². The van der Waals surface area contributed by atoms with Gasteiger partial charge in [-0.3, -0.25) is 4.79 Å². The maximum absolute atomic E-state index is 13.3. The van der Waals surface area contributed by atoms with Crippen molar-refractivity contribution in [3.05, 3.63) is 75.1 Å². The number of carbonyl (C=O) groups excluding carboxylic acids is 1. The average Bonchev–Trinajstić information content (AvgIpc) is 3.20. The van der Waals surface area contributed by atoms with Crippen molar-refractivity contribution in [1.82, 2.24) is 5.32 Å². The highest BCUT2D eigenvalue weighted by Gasteiger charge is 2.37. The lowest BCUT2D eigenvalue weighted by Gasteiger charge is -2.38. The molecule has 0 atom stereocenters. The smallest absolute Gasteiger partial charge is 0.262 e. The van der Waals surface area contributed by atoms with Crippen LogP contribution >= 0.6 is 27.3 Å². The maximum Gasteiger partial charge on any atom is 0.262 e. The van der Waals surface area contributed by atoms with E-state index >= 15 is 0 Å². The maximum atomic E-state index is 13.3. The Morgan fingerprint density at radius 2 is 1.90 bits per heavy atom. The quantitative estimate of drug-likeness (QED) is 0.550. The van der Waals surface area contributed by atoms with E-state index in [-0.39, 0.29) is 5.91 Å². The number of ether oxygens (including phenoxy) is 2. The number of fused-ring (bicyclic) bond motifs is 3. The summed E-state index contributed by atoms with van der Waals surface area (Å²) in [6.07, 6.45) is 1.51. The molecule has 3 heterocycles. The number of halogens is 1. The second-order valence-electron chi connectivity index (χ2n) is 7.41. The lowest BCUT2D eigenvalue weighted by atomic mass is 9.82. The van der Waals surface area contributed by atoms with Crippen LogP contribution in [0.2, 0.25) is 0 Å². The number of carbonyl (C=O) groups is 1. The third-order valence-corrected chi connectivity index (χ3v) is 7.33. The number of para-hydroxylation sites is 1. The van der Waals surface area contributed by atoms with Crippen molar-refractivity contribution < 1.29 is 14.3 Å². The molecule has 4 nitrogen and oxygen atoms in total. The first kappa shape index (κ1) is 18.9. The van der Waals surface area contributed by atoms with Gasteiger partial charge in [-0.1, -0.05) is 40.2 Å². The van der Waals surface area contributed by atoms with Crippen molar-refractivity contribution in [2.45, 2.75) is 25.0 Å². The highest BCUT2D eigenvalue weighted by molar-refractivity contribution is 9.10. The number of benzene rings is 2. The standard InChI is InChI=1S/C23H20BrNO3S/c24-17-5-3-4-16(13-17)23(8-10-27-11-9-23)25-22(26)20-12-15-14-28-19-7-2-1-6-18(19)21(15)29-20/h1-7,12-13H,8-11,14H2,(H,25,26). The Labute approximate surface area is 182 Å². The molecule has 0 bridgehead atoms. The third-order valence-electron chi connectivity index (χ3n) is 5.62. The van der Waals surface area contributed by atoms with Gasteiger partial charge >= 0.3 is 0 Å². The molecule has 2 aliphatic heterocycles. The van der Waals surface area contributed by atoms with E-state index in [0.29, 0.717) is 19.8 Å². The minimum atomic E-state index is -0.419. The first-order valence-electron chi connectivity index (χ1n) is 9.66. The van der Waals surface area contributed by atoms with Gasteiger partial charge in [0.15, 0.2) is 0 Å². The molecule has 2 aliphatic rings. The molecule has 5 rings (SSSR count). The van der Waals surface area contributed by atoms with Crippen molar-refractivity contribution in [2.24, 2.45) is 0 Å². The lowest BCUT2D eigenvalue weighted by molar-refractivity contribution is 0.0346. The molecule has 1 amide bonds. The van der Waals surface area contributed by atoms with Crippen LogP contribution < -0.4 is 10.1 Å². The summed E-state index contributed by atoms with van der Waals surface area (Å²) >= 11 is 5.10. The van der Waals surface area contributed by atoms with Gasteiger partial charge in [-0.25, -0.2) is 0 Å². The van der Waals surface area contributed by atoms with Crippen LogP contribution in [0.5, 0.6) is 5.75 Å². The van der Waals surface area contributed by atoms with Gasteiger partial charge in [0.1, 0.15) is 12.4 Å². The monoisotopic (exact) mass is 469 g/mol. The summed E-state index contributed by atoms with van der Waals surface area (Å²) in [5.41, 5.74) is 2.82. The molecule has 1 fully saturated rings. The molecule has 0 aliphatic carbocycles. The number of thiophene rings is 1. The zero-order chi connectivity index (χ0) is 19.8. The van der Waals surface area contributed by atoms with E-state index in [1.54, 1.807) is 0 Å². The summed E-state index contributed by atoms with van der Waals surface area (Å²) in [5, 5.41) is 3.36. The second kappa shape index (κ2) is 7.59. The van der Waals surface area contributed by atoms with Gasteiger partial charge in [0.2, 0.25) is 0 Å². The molecule has 0 saturated carbocycles. The minimum absolute atomic E-state index is 0.0382. The van der Waals surface area contributed by atoms with Crippen molar-refractivity contribution in [2.75, 3.05) is 13.2 Å². The predicted octanol–water partition coefficient (Wildman–Crippen LogP) is 5.51. The van der Waals surface area contributed by atoms with Crippen molar-refractivity contribution in [1.29, 1.82) is 0 Å². The average molecular weight is 470 g/mol. The number of nitrogens with one attached hydrogen (secondary N) is 1. The summed E-state index contributed by atoms with van der Waals surface area (Å²) < 4.78 is 12.5. The second-order valence-corrected chi connectivity index (χ2v) is 9.38. The molecule has 1 N–H and O–H groups in total. The van der Waals surface area contributed by atoms with E-state index in [0.717, 1.165) is 49.5 Å². The lowest BCUT2D eigenvalue weighted by Crippen LogP contribution is -2.49. The third kappa shape index (κ3) is 3.50. The van der Waals surface area contributed by atoms with Gasteiger partial charge in [0.25, 0.3) is 5.91 Å². The molecule has 1 saturated heterocycles. The van der Waals surface area contributed by atoms with E-state index in [4.69, 9.17) is 9.47 Å². The molecule has 1 aromatic heterocycles. The largest absolute Gasteiger partial charge is 0.488 e. The predicted molar refractivity (Wildman–Crippen MR) is 117 cm³/mol. The number of rotatable bonds is 3. The summed E-state index contributed by atoms with van der Waals surface area (Å²) in [5.74, 6) is 0.840. The van der Waals surface area contributed by atoms with Gasteiger partial charge in [-0.2, -0.15) is 0 Å². The first-order chi connectivity index (χ1) is 14.1. The molecule has 148 valence electrons. The summed E-state index contributed by atoms with van der Waals surface area (Å²) in [4.78, 5) is 15.2. The first-order valence-corrected chi connectivity index (χ1v) is 11.3. The molecule has 6 heteroatoms. The van der Waals surface area contributed by atoms with Crippen LogP contribution in [0, 0.1) is 0 Å². The molecular weight excluding hydrogens is 450 g/mol. The Kier molecular flexibility index (Phi) is 4.94. The van der Waals surface area contributed by atoms with Gasteiger partial charge in [0, 0.05) is 33.7 Å². The molecule has 3 aromatic rings. The normalized spacial score (nSPS) is 17.0. The van der Waals surface area contributed by atoms with Gasteiger partial charge in [-0.05, 0) is 48.7 Å². The SMILES string of the molecule is O=C(NC1(c2cccc(Br)c2)CCOCC1)c1cc2c(s1)-c1ccccc1OC2. The molecule has 0 spiro atoms. The van der Waals surface area contributed by atoms with Crippen LogP contribution in [-0.4, -0.2) is 19.1 Å². The van der Waals surface area contributed by atoms with Crippen LogP contribution in [0.1, 0.15) is 33.6 Å². The topological polar surface area (TPSA) is 47.6 Å². The van der Waals surface area contributed by atoms with Gasteiger partial charge in [-0.15, -0.1) is 11.3 Å². The van der Waals surface area contributed by atoms with Crippen LogP contribution in [0.15, 0.2) is 59.1 Å². The Balaban J connectivity index is 1.47. The Morgan fingerprint density at radius 3 is 2.72 bits per heavy atom. The van der Waals surface area contributed by atoms with Crippen LogP contribution in [0.4, 0.5) is 0 Å². The van der Waals surface area contributed by atoms with Crippen molar-refractivity contribution in [3.8, 4) is 16.2 Å². The van der Waals surface area contributed by atoms with E-state index in [2.05, 4.69) is 33.4 Å². The molecule has 2 aromatic carbocycles. The fourth-order valence-electron chi connectivity index (χ4n) is 4.08. The summed E-state index contributed by atoms with van der Waals surface area (Å²) in [6.45, 7) is 1.77. The minimum Gasteiger partial charge on any atom is -0.488 e. The highest BCUT2D eigenvalue weighted by atomic mass is 79.9. The van der Waals surface area contributed by atoms with Gasteiger partial charge < -0.3 is 14.8 Å². The number of hydrogen-bond donors (Lipinski definition) is 1. The van der Waals surface area contributed by atoms with Crippen molar-refractivity contribution >= 4 is 33.2 Å². The molecule has 0 radical (unpaired) electrons.